The molecule has 114 valence electrons. The van der Waals surface area contributed by atoms with Crippen molar-refractivity contribution in [3.8, 4) is 0 Å². The Labute approximate surface area is 119 Å². The number of unbranched alkanes of at least 4 members (excludes halogenated alkanes) is 5. The van der Waals surface area contributed by atoms with Crippen LogP contribution < -0.4 is 5.32 Å². The first-order chi connectivity index (χ1) is 9.60. The predicted molar refractivity (Wildman–Crippen MR) is 76.1 cm³/mol. The molecule has 1 atom stereocenters. The summed E-state index contributed by atoms with van der Waals surface area (Å²) in [7, 11) is 1.75. The summed E-state index contributed by atoms with van der Waals surface area (Å²) in [5, 5.41) is 3.04. The topological polar surface area (TPSA) is 12.0 Å². The highest BCUT2D eigenvalue weighted by atomic mass is 19.2. The summed E-state index contributed by atoms with van der Waals surface area (Å²) in [6, 6.07) is 2.03. The van der Waals surface area contributed by atoms with E-state index in [-0.39, 0.29) is 6.04 Å². The summed E-state index contributed by atoms with van der Waals surface area (Å²) in [6.07, 6.45) is 7.81. The van der Waals surface area contributed by atoms with Gasteiger partial charge in [-0.3, -0.25) is 0 Å². The van der Waals surface area contributed by atoms with Crippen LogP contribution in [0.4, 0.5) is 13.2 Å². The van der Waals surface area contributed by atoms with Crippen LogP contribution in [0.25, 0.3) is 0 Å². The second-order valence-electron chi connectivity index (χ2n) is 5.20. The fraction of sp³-hybridized carbons (Fsp3) is 0.625. The zero-order valence-corrected chi connectivity index (χ0v) is 12.3. The third-order valence-corrected chi connectivity index (χ3v) is 3.60. The molecular formula is C16H24F3N. The van der Waals surface area contributed by atoms with E-state index in [9.17, 15) is 13.2 Å². The molecule has 0 saturated heterocycles. The van der Waals surface area contributed by atoms with Crippen molar-refractivity contribution in [2.24, 2.45) is 0 Å². The van der Waals surface area contributed by atoms with Gasteiger partial charge in [0.05, 0.1) is 0 Å². The molecule has 0 fully saturated rings. The number of hydrogen-bond donors (Lipinski definition) is 1. The fourth-order valence-electron chi connectivity index (χ4n) is 2.38. The molecule has 0 aliphatic rings. The highest BCUT2D eigenvalue weighted by molar-refractivity contribution is 5.22. The molecule has 0 aliphatic carbocycles. The van der Waals surface area contributed by atoms with Crippen molar-refractivity contribution in [1.82, 2.24) is 5.32 Å². The molecule has 0 aliphatic heterocycles. The molecule has 1 rings (SSSR count). The number of nitrogens with one attached hydrogen (secondary N) is 1. The largest absolute Gasteiger partial charge is 0.313 e. The molecule has 0 radical (unpaired) electrons. The number of hydrogen-bond acceptors (Lipinski definition) is 1. The standard InChI is InChI=1S/C16H24F3N/c1-3-4-5-6-7-8-9-15(20-2)12-10-13(17)16(19)14(18)11-12/h10-11,15,20H,3-9H2,1-2H3. The highest BCUT2D eigenvalue weighted by Gasteiger charge is 2.15. The van der Waals surface area contributed by atoms with E-state index in [1.807, 2.05) is 0 Å². The second-order valence-corrected chi connectivity index (χ2v) is 5.20. The smallest absolute Gasteiger partial charge is 0.194 e. The van der Waals surface area contributed by atoms with Gasteiger partial charge in [-0.05, 0) is 31.2 Å². The SMILES string of the molecule is CCCCCCCCC(NC)c1cc(F)c(F)c(F)c1. The van der Waals surface area contributed by atoms with Gasteiger partial charge in [0.15, 0.2) is 17.5 Å². The lowest BCUT2D eigenvalue weighted by molar-refractivity contribution is 0.436. The Kier molecular flexibility index (Phi) is 7.67. The number of rotatable bonds is 9. The zero-order chi connectivity index (χ0) is 15.0. The van der Waals surface area contributed by atoms with Crippen LogP contribution in [-0.2, 0) is 0 Å². The third-order valence-electron chi connectivity index (χ3n) is 3.60. The molecule has 0 aromatic heterocycles. The molecule has 0 amide bonds. The molecule has 20 heavy (non-hydrogen) atoms. The quantitative estimate of drug-likeness (QED) is 0.491. The lowest BCUT2D eigenvalue weighted by Crippen LogP contribution is -2.17. The van der Waals surface area contributed by atoms with Gasteiger partial charge in [0.2, 0.25) is 0 Å². The van der Waals surface area contributed by atoms with E-state index in [1.165, 1.54) is 25.7 Å². The predicted octanol–water partition coefficient (Wildman–Crippen LogP) is 5.12. The van der Waals surface area contributed by atoms with Gasteiger partial charge in [-0.15, -0.1) is 0 Å². The van der Waals surface area contributed by atoms with Crippen LogP contribution >= 0.6 is 0 Å². The Balaban J connectivity index is 2.50. The van der Waals surface area contributed by atoms with Crippen molar-refractivity contribution in [3.63, 3.8) is 0 Å². The van der Waals surface area contributed by atoms with Crippen LogP contribution in [0, 0.1) is 17.5 Å². The van der Waals surface area contributed by atoms with Crippen molar-refractivity contribution in [3.05, 3.63) is 35.1 Å². The van der Waals surface area contributed by atoms with Crippen LogP contribution in [0.15, 0.2) is 12.1 Å². The maximum atomic E-state index is 13.2. The first-order valence-corrected chi connectivity index (χ1v) is 7.41. The molecule has 0 saturated carbocycles. The van der Waals surface area contributed by atoms with Crippen LogP contribution in [0.5, 0.6) is 0 Å². The molecule has 0 heterocycles. The van der Waals surface area contributed by atoms with Gasteiger partial charge in [-0.25, -0.2) is 13.2 Å². The first-order valence-electron chi connectivity index (χ1n) is 7.41. The minimum atomic E-state index is -1.40. The molecule has 1 unspecified atom stereocenters. The van der Waals surface area contributed by atoms with Gasteiger partial charge in [0.25, 0.3) is 0 Å². The maximum absolute atomic E-state index is 13.2. The van der Waals surface area contributed by atoms with Gasteiger partial charge in [0.1, 0.15) is 0 Å². The average molecular weight is 287 g/mol. The van der Waals surface area contributed by atoms with Gasteiger partial charge < -0.3 is 5.32 Å². The van der Waals surface area contributed by atoms with E-state index < -0.39 is 17.5 Å². The summed E-state index contributed by atoms with van der Waals surface area (Å²) < 4.78 is 39.4. The Hall–Kier alpha value is -1.03. The Morgan fingerprint density at radius 3 is 2.05 bits per heavy atom. The minimum Gasteiger partial charge on any atom is -0.313 e. The Morgan fingerprint density at radius 1 is 0.950 bits per heavy atom. The lowest BCUT2D eigenvalue weighted by atomic mass is 9.99. The molecule has 1 nitrogen and oxygen atoms in total. The van der Waals surface area contributed by atoms with E-state index in [2.05, 4.69) is 12.2 Å². The van der Waals surface area contributed by atoms with Crippen molar-refractivity contribution in [1.29, 1.82) is 0 Å². The molecule has 1 aromatic carbocycles. The van der Waals surface area contributed by atoms with Crippen LogP contribution in [0.3, 0.4) is 0 Å². The monoisotopic (exact) mass is 287 g/mol. The van der Waals surface area contributed by atoms with Crippen molar-refractivity contribution < 1.29 is 13.2 Å². The van der Waals surface area contributed by atoms with Gasteiger partial charge >= 0.3 is 0 Å². The second kappa shape index (κ2) is 9.01. The fourth-order valence-corrected chi connectivity index (χ4v) is 2.38. The zero-order valence-electron chi connectivity index (χ0n) is 12.3. The highest BCUT2D eigenvalue weighted by Crippen LogP contribution is 2.23. The van der Waals surface area contributed by atoms with Crippen LogP contribution in [0.1, 0.15) is 63.5 Å². The summed E-state index contributed by atoms with van der Waals surface area (Å²) in [4.78, 5) is 0. The molecule has 4 heteroatoms. The summed E-state index contributed by atoms with van der Waals surface area (Å²) in [5.74, 6) is -3.64. The Bertz CT molecular complexity index is 384. The Morgan fingerprint density at radius 2 is 1.50 bits per heavy atom. The van der Waals surface area contributed by atoms with Gasteiger partial charge in [-0.1, -0.05) is 45.4 Å². The molecular weight excluding hydrogens is 263 g/mol. The van der Waals surface area contributed by atoms with Crippen molar-refractivity contribution in [2.45, 2.75) is 57.9 Å². The molecule has 0 bridgehead atoms. The first kappa shape index (κ1) is 17.0. The average Bonchev–Trinajstić information content (AvgIpc) is 2.43. The van der Waals surface area contributed by atoms with E-state index in [4.69, 9.17) is 0 Å². The van der Waals surface area contributed by atoms with Crippen molar-refractivity contribution >= 4 is 0 Å². The molecule has 1 N–H and O–H groups in total. The van der Waals surface area contributed by atoms with Crippen LogP contribution in [0.2, 0.25) is 0 Å². The molecule has 0 spiro atoms. The third kappa shape index (κ3) is 5.16. The van der Waals surface area contributed by atoms with Gasteiger partial charge in [-0.2, -0.15) is 0 Å². The van der Waals surface area contributed by atoms with E-state index >= 15 is 0 Å². The number of benzene rings is 1. The van der Waals surface area contributed by atoms with E-state index in [1.54, 1.807) is 7.05 Å². The van der Waals surface area contributed by atoms with Gasteiger partial charge in [0, 0.05) is 6.04 Å². The lowest BCUT2D eigenvalue weighted by Gasteiger charge is -2.17. The summed E-state index contributed by atoms with van der Waals surface area (Å²) in [6.45, 7) is 2.18. The van der Waals surface area contributed by atoms with E-state index in [0.29, 0.717) is 5.56 Å². The van der Waals surface area contributed by atoms with Crippen molar-refractivity contribution in [2.75, 3.05) is 7.05 Å². The van der Waals surface area contributed by atoms with E-state index in [0.717, 1.165) is 31.4 Å². The summed E-state index contributed by atoms with van der Waals surface area (Å²) >= 11 is 0. The normalized spacial score (nSPS) is 12.7. The maximum Gasteiger partial charge on any atom is 0.194 e. The van der Waals surface area contributed by atoms with Crippen LogP contribution in [-0.4, -0.2) is 7.05 Å². The number of halogens is 3. The minimum absolute atomic E-state index is 0.134. The molecule has 1 aromatic rings. The summed E-state index contributed by atoms with van der Waals surface area (Å²) in [5.41, 5.74) is 0.470.